The number of aryl methyl sites for hydroxylation is 3. The number of carbonyl (C=O) groups excluding carboxylic acids is 3. The van der Waals surface area contributed by atoms with Crippen molar-refractivity contribution in [2.75, 3.05) is 18.5 Å². The second-order valence-electron chi connectivity index (χ2n) is 6.08. The summed E-state index contributed by atoms with van der Waals surface area (Å²) in [5.74, 6) is -1.48. The lowest BCUT2D eigenvalue weighted by Gasteiger charge is -2.10. The van der Waals surface area contributed by atoms with Crippen molar-refractivity contribution in [3.63, 3.8) is 0 Å². The van der Waals surface area contributed by atoms with Crippen molar-refractivity contribution >= 4 is 23.5 Å². The highest BCUT2D eigenvalue weighted by Gasteiger charge is 2.11. The van der Waals surface area contributed by atoms with Crippen LogP contribution in [0.25, 0.3) is 0 Å². The second-order valence-corrected chi connectivity index (χ2v) is 6.08. The zero-order chi connectivity index (χ0) is 19.1. The van der Waals surface area contributed by atoms with Gasteiger partial charge in [-0.1, -0.05) is 29.8 Å². The summed E-state index contributed by atoms with van der Waals surface area (Å²) in [6, 6.07) is 12.7. The minimum atomic E-state index is -0.679. The standard InChI is InChI=1S/C20H22N2O4/c1-13-5-4-6-16(9-13)20(25)21-11-19(24)26-12-18(23)22-17-10-14(2)7-8-15(17)3/h4-10H,11-12H2,1-3H3,(H,21,25)(H,22,23). The molecule has 0 aliphatic heterocycles. The Morgan fingerprint density at radius 3 is 2.42 bits per heavy atom. The van der Waals surface area contributed by atoms with E-state index in [2.05, 4.69) is 10.6 Å². The molecular weight excluding hydrogens is 332 g/mol. The van der Waals surface area contributed by atoms with Crippen LogP contribution >= 0.6 is 0 Å². The van der Waals surface area contributed by atoms with Crippen LogP contribution in [-0.4, -0.2) is 30.9 Å². The first-order valence-electron chi connectivity index (χ1n) is 8.23. The average molecular weight is 354 g/mol. The van der Waals surface area contributed by atoms with E-state index < -0.39 is 18.5 Å². The molecule has 6 nitrogen and oxygen atoms in total. The van der Waals surface area contributed by atoms with E-state index in [9.17, 15) is 14.4 Å². The molecule has 0 saturated heterocycles. The number of nitrogens with one attached hydrogen (secondary N) is 2. The molecule has 0 radical (unpaired) electrons. The molecule has 26 heavy (non-hydrogen) atoms. The zero-order valence-electron chi connectivity index (χ0n) is 15.1. The predicted octanol–water partition coefficient (Wildman–Crippen LogP) is 2.52. The Bertz CT molecular complexity index is 830. The molecule has 6 heteroatoms. The highest BCUT2D eigenvalue weighted by molar-refractivity contribution is 5.96. The van der Waals surface area contributed by atoms with E-state index in [-0.39, 0.29) is 12.5 Å². The van der Waals surface area contributed by atoms with Gasteiger partial charge >= 0.3 is 5.97 Å². The van der Waals surface area contributed by atoms with Crippen molar-refractivity contribution in [3.8, 4) is 0 Å². The molecule has 0 unspecified atom stereocenters. The van der Waals surface area contributed by atoms with E-state index in [0.717, 1.165) is 16.7 Å². The molecule has 0 bridgehead atoms. The first kappa shape index (κ1) is 19.2. The molecule has 2 aromatic carbocycles. The van der Waals surface area contributed by atoms with Gasteiger partial charge in [0, 0.05) is 11.3 Å². The fraction of sp³-hybridized carbons (Fsp3) is 0.250. The van der Waals surface area contributed by atoms with E-state index in [1.54, 1.807) is 18.2 Å². The lowest BCUT2D eigenvalue weighted by molar-refractivity contribution is -0.146. The van der Waals surface area contributed by atoms with Gasteiger partial charge in [0.15, 0.2) is 6.61 Å². The van der Waals surface area contributed by atoms with Gasteiger partial charge in [-0.25, -0.2) is 0 Å². The number of ether oxygens (including phenoxy) is 1. The first-order valence-corrected chi connectivity index (χ1v) is 8.23. The van der Waals surface area contributed by atoms with Gasteiger partial charge in [0.25, 0.3) is 11.8 Å². The number of amides is 2. The summed E-state index contributed by atoms with van der Waals surface area (Å²) >= 11 is 0. The summed E-state index contributed by atoms with van der Waals surface area (Å²) in [7, 11) is 0. The summed E-state index contributed by atoms with van der Waals surface area (Å²) in [4.78, 5) is 35.6. The van der Waals surface area contributed by atoms with E-state index in [1.165, 1.54) is 0 Å². The fourth-order valence-electron chi connectivity index (χ4n) is 2.29. The average Bonchev–Trinajstić information content (AvgIpc) is 2.61. The fourth-order valence-corrected chi connectivity index (χ4v) is 2.29. The minimum Gasteiger partial charge on any atom is -0.454 e. The van der Waals surface area contributed by atoms with Crippen molar-refractivity contribution in [2.24, 2.45) is 0 Å². The lowest BCUT2D eigenvalue weighted by Crippen LogP contribution is -2.32. The quantitative estimate of drug-likeness (QED) is 0.781. The van der Waals surface area contributed by atoms with Crippen LogP contribution in [-0.2, 0) is 14.3 Å². The Kier molecular flexibility index (Phi) is 6.49. The van der Waals surface area contributed by atoms with E-state index in [1.807, 2.05) is 45.0 Å². The monoisotopic (exact) mass is 354 g/mol. The number of anilines is 1. The minimum absolute atomic E-state index is 0.302. The van der Waals surface area contributed by atoms with Crippen molar-refractivity contribution in [2.45, 2.75) is 20.8 Å². The van der Waals surface area contributed by atoms with Crippen molar-refractivity contribution in [1.82, 2.24) is 5.32 Å². The topological polar surface area (TPSA) is 84.5 Å². The number of rotatable bonds is 6. The Labute approximate surface area is 152 Å². The van der Waals surface area contributed by atoms with Gasteiger partial charge in [-0.15, -0.1) is 0 Å². The highest BCUT2D eigenvalue weighted by atomic mass is 16.5. The zero-order valence-corrected chi connectivity index (χ0v) is 15.1. The van der Waals surface area contributed by atoms with Crippen LogP contribution in [0.3, 0.4) is 0 Å². The van der Waals surface area contributed by atoms with Gasteiger partial charge in [0.05, 0.1) is 0 Å². The molecule has 0 aliphatic carbocycles. The largest absolute Gasteiger partial charge is 0.454 e. The first-order chi connectivity index (χ1) is 12.3. The third-order valence-electron chi connectivity index (χ3n) is 3.70. The molecule has 2 rings (SSSR count). The molecule has 0 aliphatic rings. The number of hydrogen-bond donors (Lipinski definition) is 2. The van der Waals surface area contributed by atoms with Crippen molar-refractivity contribution in [1.29, 1.82) is 0 Å². The number of benzene rings is 2. The normalized spacial score (nSPS) is 10.1. The Morgan fingerprint density at radius 1 is 0.962 bits per heavy atom. The molecular formula is C20H22N2O4. The molecule has 0 fully saturated rings. The van der Waals surface area contributed by atoms with Crippen LogP contribution in [0.5, 0.6) is 0 Å². The van der Waals surface area contributed by atoms with Gasteiger partial charge in [0.1, 0.15) is 6.54 Å². The predicted molar refractivity (Wildman–Crippen MR) is 99.0 cm³/mol. The van der Waals surface area contributed by atoms with Crippen molar-refractivity contribution in [3.05, 3.63) is 64.7 Å². The van der Waals surface area contributed by atoms with Gasteiger partial charge < -0.3 is 15.4 Å². The molecule has 2 amide bonds. The number of carbonyl (C=O) groups is 3. The van der Waals surface area contributed by atoms with Crippen LogP contribution in [0.2, 0.25) is 0 Å². The van der Waals surface area contributed by atoms with E-state index in [0.29, 0.717) is 11.3 Å². The number of esters is 1. The van der Waals surface area contributed by atoms with Gasteiger partial charge in [0.2, 0.25) is 0 Å². The summed E-state index contributed by atoms with van der Waals surface area (Å²) in [6.07, 6.45) is 0. The van der Waals surface area contributed by atoms with Crippen molar-refractivity contribution < 1.29 is 19.1 Å². The maximum absolute atomic E-state index is 12.0. The lowest BCUT2D eigenvalue weighted by atomic mass is 10.1. The van der Waals surface area contributed by atoms with E-state index >= 15 is 0 Å². The third-order valence-corrected chi connectivity index (χ3v) is 3.70. The molecule has 136 valence electrons. The summed E-state index contributed by atoms with van der Waals surface area (Å²) in [5.41, 5.74) is 4.02. The Morgan fingerprint density at radius 2 is 1.69 bits per heavy atom. The van der Waals surface area contributed by atoms with E-state index in [4.69, 9.17) is 4.74 Å². The third kappa shape index (κ3) is 5.73. The highest BCUT2D eigenvalue weighted by Crippen LogP contribution is 2.16. The maximum atomic E-state index is 12.0. The van der Waals surface area contributed by atoms with Gasteiger partial charge in [-0.2, -0.15) is 0 Å². The molecule has 0 saturated carbocycles. The molecule has 2 N–H and O–H groups in total. The molecule has 0 aromatic heterocycles. The smallest absolute Gasteiger partial charge is 0.325 e. The maximum Gasteiger partial charge on any atom is 0.325 e. The summed E-state index contributed by atoms with van der Waals surface area (Å²) in [6.45, 7) is 4.96. The number of hydrogen-bond acceptors (Lipinski definition) is 4. The van der Waals surface area contributed by atoms with Crippen LogP contribution in [0, 0.1) is 20.8 Å². The van der Waals surface area contributed by atoms with Crippen LogP contribution in [0.15, 0.2) is 42.5 Å². The summed E-state index contributed by atoms with van der Waals surface area (Å²) < 4.78 is 4.89. The van der Waals surface area contributed by atoms with Gasteiger partial charge in [-0.05, 0) is 50.1 Å². The summed E-state index contributed by atoms with van der Waals surface area (Å²) in [5, 5.41) is 5.17. The molecule has 0 heterocycles. The molecule has 0 spiro atoms. The molecule has 0 atom stereocenters. The van der Waals surface area contributed by atoms with Gasteiger partial charge in [-0.3, -0.25) is 14.4 Å². The van der Waals surface area contributed by atoms with Crippen LogP contribution < -0.4 is 10.6 Å². The molecule has 2 aromatic rings. The van der Waals surface area contributed by atoms with Crippen LogP contribution in [0.1, 0.15) is 27.0 Å². The SMILES string of the molecule is Cc1cccc(C(=O)NCC(=O)OCC(=O)Nc2cc(C)ccc2C)c1. The van der Waals surface area contributed by atoms with Crippen LogP contribution in [0.4, 0.5) is 5.69 Å². The second kappa shape index (κ2) is 8.80. The Hall–Kier alpha value is -3.15. The Balaban J connectivity index is 1.77.